The molecule has 1 saturated heterocycles. The highest BCUT2D eigenvalue weighted by atomic mass is 79.9. The zero-order valence-electron chi connectivity index (χ0n) is 15.8. The Balaban J connectivity index is 1.73. The first kappa shape index (κ1) is 21.7. The number of thioether (sulfide) groups is 1. The molecule has 2 aliphatic heterocycles. The van der Waals surface area contributed by atoms with Crippen LogP contribution in [0.5, 0.6) is 5.75 Å². The summed E-state index contributed by atoms with van der Waals surface area (Å²) in [4.78, 5) is 17.2. The lowest BCUT2D eigenvalue weighted by Gasteiger charge is -2.41. The van der Waals surface area contributed by atoms with Crippen LogP contribution >= 0.6 is 55.2 Å². The van der Waals surface area contributed by atoms with Crippen molar-refractivity contribution in [2.45, 2.75) is 16.6 Å². The molecule has 154 valence electrons. The van der Waals surface area contributed by atoms with Gasteiger partial charge in [0, 0.05) is 34.0 Å². The molecule has 2 aromatic rings. The summed E-state index contributed by atoms with van der Waals surface area (Å²) in [6.45, 7) is 5.89. The molecule has 1 atom stereocenters. The predicted octanol–water partition coefficient (Wildman–Crippen LogP) is 5.61. The minimum atomic E-state index is -0.744. The minimum Gasteiger partial charge on any atom is -0.490 e. The van der Waals surface area contributed by atoms with Crippen molar-refractivity contribution in [1.29, 1.82) is 0 Å². The van der Waals surface area contributed by atoms with Gasteiger partial charge in [0.2, 0.25) is 0 Å². The molecule has 2 aliphatic rings. The van der Waals surface area contributed by atoms with Crippen LogP contribution in [0.1, 0.15) is 15.9 Å². The summed E-state index contributed by atoms with van der Waals surface area (Å²) in [7, 11) is 0. The van der Waals surface area contributed by atoms with Crippen LogP contribution in [-0.2, 0) is 4.74 Å². The molecule has 4 nitrogen and oxygen atoms in total. The first-order valence-electron chi connectivity index (χ1n) is 9.30. The van der Waals surface area contributed by atoms with Crippen molar-refractivity contribution in [2.75, 3.05) is 39.5 Å². The fraction of sp³-hybridized carbons (Fsp3) is 0.381. The highest BCUT2D eigenvalue weighted by molar-refractivity contribution is 9.11. The van der Waals surface area contributed by atoms with Crippen molar-refractivity contribution in [3.63, 3.8) is 0 Å². The lowest BCUT2D eigenvalue weighted by Crippen LogP contribution is -2.54. The molecule has 0 saturated carbocycles. The maximum atomic E-state index is 13.9. The summed E-state index contributed by atoms with van der Waals surface area (Å²) < 4.78 is 12.7. The quantitative estimate of drug-likeness (QED) is 0.485. The van der Waals surface area contributed by atoms with Gasteiger partial charge >= 0.3 is 0 Å². The molecule has 0 amide bonds. The average molecular weight is 562 g/mol. The number of morpholine rings is 1. The van der Waals surface area contributed by atoms with Gasteiger partial charge in [-0.2, -0.15) is 0 Å². The van der Waals surface area contributed by atoms with Crippen LogP contribution < -0.4 is 4.74 Å². The monoisotopic (exact) mass is 559 g/mol. The predicted molar refractivity (Wildman–Crippen MR) is 124 cm³/mol. The highest BCUT2D eigenvalue weighted by Gasteiger charge is 2.47. The minimum absolute atomic E-state index is 0.0894. The molecule has 0 aliphatic carbocycles. The van der Waals surface area contributed by atoms with Crippen molar-refractivity contribution < 1.29 is 14.3 Å². The summed E-state index contributed by atoms with van der Waals surface area (Å²) in [6.07, 6.45) is 0. The van der Waals surface area contributed by atoms with Crippen LogP contribution in [0.3, 0.4) is 0 Å². The molecule has 2 aromatic carbocycles. The number of hydrogen-bond acceptors (Lipinski definition) is 5. The molecule has 29 heavy (non-hydrogen) atoms. The van der Waals surface area contributed by atoms with E-state index in [2.05, 4.69) is 36.8 Å². The Morgan fingerprint density at radius 2 is 1.90 bits per heavy atom. The van der Waals surface area contributed by atoms with Crippen LogP contribution in [0, 0.1) is 6.92 Å². The number of carbonyl (C=O) groups excluding carboxylic acids is 1. The van der Waals surface area contributed by atoms with Gasteiger partial charge in [0.1, 0.15) is 17.1 Å². The van der Waals surface area contributed by atoms with Crippen LogP contribution in [-0.4, -0.2) is 54.9 Å². The van der Waals surface area contributed by atoms with Crippen LogP contribution in [0.2, 0.25) is 5.02 Å². The Labute approximate surface area is 196 Å². The molecule has 1 unspecified atom stereocenters. The topological polar surface area (TPSA) is 38.8 Å². The van der Waals surface area contributed by atoms with Gasteiger partial charge in [0.05, 0.1) is 23.2 Å². The Kier molecular flexibility index (Phi) is 6.64. The molecule has 0 aromatic heterocycles. The first-order chi connectivity index (χ1) is 13.9. The Hall–Kier alpha value is -0.570. The van der Waals surface area contributed by atoms with Gasteiger partial charge < -0.3 is 9.47 Å². The lowest BCUT2D eigenvalue weighted by molar-refractivity contribution is 0.0287. The van der Waals surface area contributed by atoms with Gasteiger partial charge in [-0.05, 0) is 58.7 Å². The van der Waals surface area contributed by atoms with Gasteiger partial charge in [-0.25, -0.2) is 0 Å². The average Bonchev–Trinajstić information content (AvgIpc) is 2.72. The number of ether oxygens (including phenoxy) is 2. The molecule has 0 spiro atoms. The molecular weight excluding hydrogens is 542 g/mol. The van der Waals surface area contributed by atoms with E-state index in [9.17, 15) is 4.79 Å². The number of carbonyl (C=O) groups is 1. The number of halogens is 3. The number of ketones is 1. The second-order valence-corrected chi connectivity index (χ2v) is 10.8. The van der Waals surface area contributed by atoms with Gasteiger partial charge in [0.25, 0.3) is 0 Å². The molecule has 2 heterocycles. The van der Waals surface area contributed by atoms with Gasteiger partial charge in [0.15, 0.2) is 5.78 Å². The van der Waals surface area contributed by atoms with Gasteiger partial charge in [-0.15, -0.1) is 11.8 Å². The number of rotatable bonds is 4. The van der Waals surface area contributed by atoms with E-state index in [1.807, 2.05) is 37.3 Å². The molecule has 0 radical (unpaired) electrons. The van der Waals surface area contributed by atoms with Crippen molar-refractivity contribution in [2.24, 2.45) is 0 Å². The summed E-state index contributed by atoms with van der Waals surface area (Å²) >= 11 is 14.8. The largest absolute Gasteiger partial charge is 0.490 e. The molecule has 0 bridgehead atoms. The molecular formula is C21H20Br2ClNO3S. The summed E-state index contributed by atoms with van der Waals surface area (Å²) in [5, 5.41) is 0.677. The lowest BCUT2D eigenvalue weighted by atomic mass is 9.92. The van der Waals surface area contributed by atoms with Crippen molar-refractivity contribution in [3.8, 4) is 5.75 Å². The van der Waals surface area contributed by atoms with E-state index < -0.39 is 4.75 Å². The van der Waals surface area contributed by atoms with Crippen molar-refractivity contribution in [3.05, 3.63) is 55.4 Å². The number of fused-ring (bicyclic) bond motifs is 1. The normalized spacial score (nSPS) is 22.3. The summed E-state index contributed by atoms with van der Waals surface area (Å²) in [6, 6.07) is 9.50. The second-order valence-electron chi connectivity index (χ2n) is 7.23. The smallest absolute Gasteiger partial charge is 0.187 e. The Bertz CT molecular complexity index is 935. The van der Waals surface area contributed by atoms with E-state index in [4.69, 9.17) is 21.1 Å². The van der Waals surface area contributed by atoms with Crippen molar-refractivity contribution in [1.82, 2.24) is 4.90 Å². The van der Waals surface area contributed by atoms with E-state index in [-0.39, 0.29) is 5.78 Å². The fourth-order valence-corrected chi connectivity index (χ4v) is 6.23. The van der Waals surface area contributed by atoms with E-state index >= 15 is 0 Å². The van der Waals surface area contributed by atoms with Gasteiger partial charge in [-0.3, -0.25) is 9.69 Å². The fourth-order valence-electron chi connectivity index (χ4n) is 3.58. The molecule has 4 rings (SSSR count). The van der Waals surface area contributed by atoms with E-state index in [0.29, 0.717) is 42.7 Å². The third kappa shape index (κ3) is 4.41. The summed E-state index contributed by atoms with van der Waals surface area (Å²) in [5.74, 6) is 0.719. The SMILES string of the molecule is Cc1c(Br)cc2c(c1Br)OCC(CN1CCOCC1)(Sc1ccc(Cl)cc1)C2=O. The summed E-state index contributed by atoms with van der Waals surface area (Å²) in [5.41, 5.74) is 1.62. The number of Topliss-reactive ketones (excluding diaryl/α,β-unsaturated/α-hetero) is 1. The van der Waals surface area contributed by atoms with E-state index in [0.717, 1.165) is 32.5 Å². The molecule has 1 fully saturated rings. The van der Waals surface area contributed by atoms with Crippen LogP contribution in [0.15, 0.2) is 44.2 Å². The highest BCUT2D eigenvalue weighted by Crippen LogP contribution is 2.46. The second kappa shape index (κ2) is 8.89. The molecule has 8 heteroatoms. The van der Waals surface area contributed by atoms with Crippen molar-refractivity contribution >= 4 is 61.0 Å². The third-order valence-corrected chi connectivity index (χ3v) is 8.58. The number of nitrogens with zero attached hydrogens (tertiary/aromatic N) is 1. The van der Waals surface area contributed by atoms with E-state index in [1.54, 1.807) is 11.8 Å². The maximum absolute atomic E-state index is 13.9. The number of benzene rings is 2. The molecule has 0 N–H and O–H groups in total. The van der Waals surface area contributed by atoms with Gasteiger partial charge in [-0.1, -0.05) is 27.5 Å². The van der Waals surface area contributed by atoms with Crippen LogP contribution in [0.25, 0.3) is 0 Å². The third-order valence-electron chi connectivity index (χ3n) is 5.22. The first-order valence-corrected chi connectivity index (χ1v) is 12.1. The zero-order valence-corrected chi connectivity index (χ0v) is 20.6. The maximum Gasteiger partial charge on any atom is 0.187 e. The van der Waals surface area contributed by atoms with E-state index in [1.165, 1.54) is 0 Å². The zero-order chi connectivity index (χ0) is 20.6. The Morgan fingerprint density at radius 1 is 1.21 bits per heavy atom. The number of hydrogen-bond donors (Lipinski definition) is 0. The Morgan fingerprint density at radius 3 is 2.59 bits per heavy atom. The standard InChI is InChI=1S/C21H20Br2ClNO3S/c1-13-17(22)10-16-19(18(13)23)28-12-21(20(16)26,11-25-6-8-27-9-7-25)29-15-4-2-14(24)3-5-15/h2-5,10H,6-9,11-12H2,1H3. The van der Waals surface area contributed by atoms with Crippen LogP contribution in [0.4, 0.5) is 0 Å².